The Morgan fingerprint density at radius 1 is 1.32 bits per heavy atom. The molecule has 1 amide bonds. The summed E-state index contributed by atoms with van der Waals surface area (Å²) in [6.45, 7) is 8.62. The minimum absolute atomic E-state index is 0.116. The highest BCUT2D eigenvalue weighted by Gasteiger charge is 2.08. The van der Waals surface area contributed by atoms with Crippen molar-refractivity contribution in [1.82, 2.24) is 10.2 Å². The lowest BCUT2D eigenvalue weighted by Gasteiger charge is -2.20. The third-order valence-corrected chi connectivity index (χ3v) is 2.94. The number of carbonyl (C=O) groups is 1. The Morgan fingerprint density at radius 3 is 2.47 bits per heavy atom. The lowest BCUT2D eigenvalue weighted by molar-refractivity contribution is -0.121. The molecule has 0 bridgehead atoms. The first kappa shape index (κ1) is 15.5. The van der Waals surface area contributed by atoms with Crippen LogP contribution in [0.25, 0.3) is 0 Å². The monoisotopic (exact) mass is 263 g/mol. The summed E-state index contributed by atoms with van der Waals surface area (Å²) in [5, 5.41) is 2.91. The average molecular weight is 263 g/mol. The number of benzene rings is 1. The summed E-state index contributed by atoms with van der Waals surface area (Å²) in [6, 6.07) is 8.10. The van der Waals surface area contributed by atoms with Crippen molar-refractivity contribution in [3.8, 4) is 0 Å². The molecule has 4 heteroatoms. The van der Waals surface area contributed by atoms with Gasteiger partial charge in [0.05, 0.1) is 0 Å². The zero-order chi connectivity index (χ0) is 14.3. The van der Waals surface area contributed by atoms with Crippen LogP contribution in [0.2, 0.25) is 0 Å². The first-order valence-corrected chi connectivity index (χ1v) is 6.87. The van der Waals surface area contributed by atoms with Crippen molar-refractivity contribution >= 4 is 11.6 Å². The number of rotatable bonds is 7. The average Bonchev–Trinajstić information content (AvgIpc) is 2.36. The maximum Gasteiger partial charge on any atom is 0.221 e. The first-order chi connectivity index (χ1) is 9.01. The normalized spacial score (nSPS) is 11.0. The van der Waals surface area contributed by atoms with Gasteiger partial charge in [-0.05, 0) is 38.1 Å². The van der Waals surface area contributed by atoms with E-state index in [9.17, 15) is 4.79 Å². The Labute approximate surface area is 116 Å². The van der Waals surface area contributed by atoms with Gasteiger partial charge in [0.1, 0.15) is 0 Å². The van der Waals surface area contributed by atoms with Crippen molar-refractivity contribution < 1.29 is 4.79 Å². The highest BCUT2D eigenvalue weighted by molar-refractivity contribution is 5.76. The molecular formula is C15H25N3O. The quantitative estimate of drug-likeness (QED) is 0.740. The van der Waals surface area contributed by atoms with E-state index in [2.05, 4.69) is 17.1 Å². The second kappa shape index (κ2) is 7.79. The van der Waals surface area contributed by atoms with Gasteiger partial charge in [0.25, 0.3) is 0 Å². The molecular weight excluding hydrogens is 238 g/mol. The van der Waals surface area contributed by atoms with E-state index in [1.54, 1.807) is 0 Å². The predicted molar refractivity (Wildman–Crippen MR) is 79.7 cm³/mol. The molecule has 0 atom stereocenters. The molecule has 3 N–H and O–H groups in total. The molecule has 0 aliphatic rings. The Kier molecular flexibility index (Phi) is 6.36. The third kappa shape index (κ3) is 6.25. The molecule has 0 unspecified atom stereocenters. The summed E-state index contributed by atoms with van der Waals surface area (Å²) < 4.78 is 0. The maximum absolute atomic E-state index is 11.6. The number of nitrogens with one attached hydrogen (secondary N) is 1. The fraction of sp³-hybridized carbons (Fsp3) is 0.533. The fourth-order valence-electron chi connectivity index (χ4n) is 1.88. The topological polar surface area (TPSA) is 58.4 Å². The molecule has 0 saturated carbocycles. The summed E-state index contributed by atoms with van der Waals surface area (Å²) >= 11 is 0. The number of anilines is 1. The number of nitrogen functional groups attached to an aromatic ring is 1. The van der Waals surface area contributed by atoms with E-state index in [0.29, 0.717) is 6.42 Å². The van der Waals surface area contributed by atoms with Crippen LogP contribution in [0.15, 0.2) is 24.3 Å². The summed E-state index contributed by atoms with van der Waals surface area (Å²) in [5.74, 6) is 0.116. The molecule has 0 fully saturated rings. The Balaban J connectivity index is 2.41. The van der Waals surface area contributed by atoms with E-state index in [-0.39, 0.29) is 11.9 Å². The van der Waals surface area contributed by atoms with E-state index in [1.165, 1.54) is 5.56 Å². The van der Waals surface area contributed by atoms with Crippen LogP contribution in [0, 0.1) is 0 Å². The van der Waals surface area contributed by atoms with Crippen LogP contribution in [0.3, 0.4) is 0 Å². The van der Waals surface area contributed by atoms with Crippen molar-refractivity contribution in [2.24, 2.45) is 0 Å². The van der Waals surface area contributed by atoms with E-state index in [1.807, 2.05) is 38.1 Å². The molecule has 0 spiro atoms. The van der Waals surface area contributed by atoms with E-state index in [4.69, 9.17) is 5.73 Å². The lowest BCUT2D eigenvalue weighted by atomic mass is 10.2. The van der Waals surface area contributed by atoms with Gasteiger partial charge in [-0.15, -0.1) is 0 Å². The van der Waals surface area contributed by atoms with Crippen LogP contribution >= 0.6 is 0 Å². The van der Waals surface area contributed by atoms with E-state index < -0.39 is 0 Å². The SMILES string of the molecule is CCN(CCC(=O)NC(C)C)Cc1ccc(N)cc1. The largest absolute Gasteiger partial charge is 0.399 e. The number of carbonyl (C=O) groups excluding carboxylic acids is 1. The van der Waals surface area contributed by atoms with Crippen molar-refractivity contribution in [1.29, 1.82) is 0 Å². The first-order valence-electron chi connectivity index (χ1n) is 6.87. The van der Waals surface area contributed by atoms with Crippen LogP contribution in [0.4, 0.5) is 5.69 Å². The predicted octanol–water partition coefficient (Wildman–Crippen LogP) is 2.01. The molecule has 0 saturated heterocycles. The molecule has 0 aliphatic carbocycles. The van der Waals surface area contributed by atoms with Crippen LogP contribution in [0.1, 0.15) is 32.8 Å². The second-order valence-corrected chi connectivity index (χ2v) is 5.08. The molecule has 4 nitrogen and oxygen atoms in total. The summed E-state index contributed by atoms with van der Waals surface area (Å²) in [5.41, 5.74) is 7.67. The zero-order valence-electron chi connectivity index (χ0n) is 12.1. The van der Waals surface area contributed by atoms with E-state index >= 15 is 0 Å². The molecule has 1 aromatic carbocycles. The summed E-state index contributed by atoms with van der Waals surface area (Å²) in [4.78, 5) is 13.9. The molecule has 0 heterocycles. The lowest BCUT2D eigenvalue weighted by Crippen LogP contribution is -2.34. The molecule has 106 valence electrons. The fourth-order valence-corrected chi connectivity index (χ4v) is 1.88. The second-order valence-electron chi connectivity index (χ2n) is 5.08. The van der Waals surface area contributed by atoms with Gasteiger partial charge in [0.2, 0.25) is 5.91 Å². The molecule has 1 aromatic rings. The van der Waals surface area contributed by atoms with Crippen LogP contribution in [-0.2, 0) is 11.3 Å². The van der Waals surface area contributed by atoms with Gasteiger partial charge in [-0.3, -0.25) is 9.69 Å². The highest BCUT2D eigenvalue weighted by Crippen LogP contribution is 2.08. The third-order valence-electron chi connectivity index (χ3n) is 2.94. The molecule has 0 aliphatic heterocycles. The highest BCUT2D eigenvalue weighted by atomic mass is 16.1. The number of nitrogens with two attached hydrogens (primary N) is 1. The minimum atomic E-state index is 0.116. The van der Waals surface area contributed by atoms with Gasteiger partial charge in [-0.2, -0.15) is 0 Å². The Hall–Kier alpha value is -1.55. The van der Waals surface area contributed by atoms with Crippen molar-refractivity contribution in [2.45, 2.75) is 39.8 Å². The van der Waals surface area contributed by atoms with Crippen molar-refractivity contribution in [3.63, 3.8) is 0 Å². The summed E-state index contributed by atoms with van der Waals surface area (Å²) in [6.07, 6.45) is 0.543. The van der Waals surface area contributed by atoms with Crippen LogP contribution < -0.4 is 11.1 Å². The summed E-state index contributed by atoms with van der Waals surface area (Å²) in [7, 11) is 0. The zero-order valence-corrected chi connectivity index (χ0v) is 12.1. The van der Waals surface area contributed by atoms with Crippen molar-refractivity contribution in [3.05, 3.63) is 29.8 Å². The maximum atomic E-state index is 11.6. The van der Waals surface area contributed by atoms with Gasteiger partial charge < -0.3 is 11.1 Å². The number of amides is 1. The molecule has 0 radical (unpaired) electrons. The van der Waals surface area contributed by atoms with Crippen molar-refractivity contribution in [2.75, 3.05) is 18.8 Å². The van der Waals surface area contributed by atoms with Gasteiger partial charge in [-0.25, -0.2) is 0 Å². The van der Waals surface area contributed by atoms with Crippen LogP contribution in [-0.4, -0.2) is 29.9 Å². The van der Waals surface area contributed by atoms with Crippen LogP contribution in [0.5, 0.6) is 0 Å². The molecule has 19 heavy (non-hydrogen) atoms. The van der Waals surface area contributed by atoms with E-state index in [0.717, 1.165) is 25.3 Å². The number of nitrogens with zero attached hydrogens (tertiary/aromatic N) is 1. The standard InChI is InChI=1S/C15H25N3O/c1-4-18(10-9-15(19)17-12(2)3)11-13-5-7-14(16)8-6-13/h5-8,12H,4,9-11,16H2,1-3H3,(H,17,19). The van der Waals surface area contributed by atoms with Gasteiger partial charge in [0.15, 0.2) is 0 Å². The van der Waals surface area contributed by atoms with Gasteiger partial charge in [0, 0.05) is 31.2 Å². The minimum Gasteiger partial charge on any atom is -0.399 e. The Bertz CT molecular complexity index is 387. The molecule has 1 rings (SSSR count). The Morgan fingerprint density at radius 2 is 1.95 bits per heavy atom. The van der Waals surface area contributed by atoms with Gasteiger partial charge in [-0.1, -0.05) is 19.1 Å². The number of hydrogen-bond acceptors (Lipinski definition) is 3. The van der Waals surface area contributed by atoms with Gasteiger partial charge >= 0.3 is 0 Å². The smallest absolute Gasteiger partial charge is 0.221 e. The molecule has 0 aromatic heterocycles. The number of hydrogen-bond donors (Lipinski definition) is 2.